The van der Waals surface area contributed by atoms with Crippen molar-refractivity contribution in [1.82, 2.24) is 15.1 Å². The molecule has 3 rings (SSSR count). The summed E-state index contributed by atoms with van der Waals surface area (Å²) in [5.41, 5.74) is -0.199. The minimum Gasteiger partial charge on any atom is -0.505 e. The zero-order valence-corrected chi connectivity index (χ0v) is 12.2. The fraction of sp³-hybridized carbons (Fsp3) is 0.533. The normalized spacial score (nSPS) is 25.9. The Kier molecular flexibility index (Phi) is 3.63. The second kappa shape index (κ2) is 5.44. The maximum atomic E-state index is 9.83. The van der Waals surface area contributed by atoms with Crippen molar-refractivity contribution >= 4 is 0 Å². The molecule has 0 spiro atoms. The van der Waals surface area contributed by atoms with Crippen molar-refractivity contribution in [3.63, 3.8) is 0 Å². The van der Waals surface area contributed by atoms with Crippen LogP contribution in [0.3, 0.4) is 0 Å². The number of hydrogen-bond donors (Lipinski definition) is 1. The van der Waals surface area contributed by atoms with E-state index in [1.165, 1.54) is 6.42 Å². The molecule has 2 aromatic heterocycles. The van der Waals surface area contributed by atoms with Gasteiger partial charge in [-0.15, -0.1) is 0 Å². The van der Waals surface area contributed by atoms with Gasteiger partial charge >= 0.3 is 0 Å². The molecular weight excluding hydrogens is 270 g/mol. The van der Waals surface area contributed by atoms with Gasteiger partial charge in [-0.25, -0.2) is 4.98 Å². The number of nitrogens with zero attached hydrogens (tertiary/aromatic N) is 3. The van der Waals surface area contributed by atoms with Crippen LogP contribution in [0.2, 0.25) is 0 Å². The van der Waals surface area contributed by atoms with Crippen LogP contribution < -0.4 is 0 Å². The van der Waals surface area contributed by atoms with E-state index in [-0.39, 0.29) is 11.6 Å². The molecule has 6 nitrogen and oxygen atoms in total. The Morgan fingerprint density at radius 3 is 3.05 bits per heavy atom. The van der Waals surface area contributed by atoms with Gasteiger partial charge in [-0.2, -0.15) is 4.98 Å². The van der Waals surface area contributed by atoms with Gasteiger partial charge in [0.25, 0.3) is 5.89 Å². The van der Waals surface area contributed by atoms with Crippen molar-refractivity contribution in [3.8, 4) is 17.3 Å². The standard InChI is InChI=1S/C15H19N3O3/c1-10-5-3-7-15(9-10,20-2)14-17-13(21-18-14)12-11(19)6-4-8-16-12/h4,6,8,10,19H,3,5,7,9H2,1-2H3. The number of hydrogen-bond acceptors (Lipinski definition) is 6. The number of ether oxygens (including phenoxy) is 1. The Balaban J connectivity index is 1.95. The molecule has 1 aliphatic rings. The third-order valence-electron chi connectivity index (χ3n) is 4.17. The third kappa shape index (κ3) is 2.51. The fourth-order valence-electron chi connectivity index (χ4n) is 3.05. The van der Waals surface area contributed by atoms with Gasteiger partial charge in [0.05, 0.1) is 0 Å². The van der Waals surface area contributed by atoms with E-state index >= 15 is 0 Å². The number of methoxy groups -OCH3 is 1. The molecule has 1 aliphatic carbocycles. The van der Waals surface area contributed by atoms with Crippen molar-refractivity contribution in [2.75, 3.05) is 7.11 Å². The third-order valence-corrected chi connectivity index (χ3v) is 4.17. The van der Waals surface area contributed by atoms with Gasteiger partial charge in [-0.3, -0.25) is 0 Å². The summed E-state index contributed by atoms with van der Waals surface area (Å²) in [5, 5.41) is 13.9. The van der Waals surface area contributed by atoms with E-state index in [4.69, 9.17) is 9.26 Å². The average Bonchev–Trinajstić information content (AvgIpc) is 2.98. The Hall–Kier alpha value is -1.95. The highest BCUT2D eigenvalue weighted by atomic mass is 16.5. The second-order valence-corrected chi connectivity index (χ2v) is 5.69. The summed E-state index contributed by atoms with van der Waals surface area (Å²) in [4.78, 5) is 8.50. The maximum absolute atomic E-state index is 9.83. The van der Waals surface area contributed by atoms with Gasteiger partial charge < -0.3 is 14.4 Å². The van der Waals surface area contributed by atoms with Crippen LogP contribution in [0.1, 0.15) is 38.4 Å². The van der Waals surface area contributed by atoms with E-state index in [0.29, 0.717) is 17.4 Å². The first-order valence-electron chi connectivity index (χ1n) is 7.18. The number of pyridine rings is 1. The molecule has 0 bridgehead atoms. The SMILES string of the molecule is COC1(c2noc(-c3ncccc3O)n2)CCCC(C)C1. The van der Waals surface area contributed by atoms with Gasteiger partial charge in [-0.1, -0.05) is 18.5 Å². The van der Waals surface area contributed by atoms with E-state index in [1.54, 1.807) is 25.4 Å². The molecule has 0 amide bonds. The van der Waals surface area contributed by atoms with Crippen molar-refractivity contribution in [1.29, 1.82) is 0 Å². The summed E-state index contributed by atoms with van der Waals surface area (Å²) < 4.78 is 11.0. The number of aromatic hydroxyl groups is 1. The van der Waals surface area contributed by atoms with E-state index in [1.807, 2.05) is 0 Å². The highest BCUT2D eigenvalue weighted by Gasteiger charge is 2.41. The monoisotopic (exact) mass is 289 g/mol. The van der Waals surface area contributed by atoms with Crippen LogP contribution in [0.25, 0.3) is 11.6 Å². The average molecular weight is 289 g/mol. The summed E-state index contributed by atoms with van der Waals surface area (Å²) >= 11 is 0. The van der Waals surface area contributed by atoms with Gasteiger partial charge in [0.1, 0.15) is 11.4 Å². The zero-order chi connectivity index (χ0) is 14.9. The molecule has 1 saturated carbocycles. The molecule has 2 atom stereocenters. The molecule has 0 aliphatic heterocycles. The van der Waals surface area contributed by atoms with Gasteiger partial charge in [0, 0.05) is 13.3 Å². The summed E-state index contributed by atoms with van der Waals surface area (Å²) in [6.07, 6.45) is 5.59. The second-order valence-electron chi connectivity index (χ2n) is 5.69. The van der Waals surface area contributed by atoms with Gasteiger partial charge in [0.15, 0.2) is 5.69 Å². The Morgan fingerprint density at radius 1 is 1.48 bits per heavy atom. The van der Waals surface area contributed by atoms with Crippen LogP contribution in [-0.4, -0.2) is 27.3 Å². The van der Waals surface area contributed by atoms with E-state index in [0.717, 1.165) is 19.3 Å². The molecule has 112 valence electrons. The summed E-state index contributed by atoms with van der Waals surface area (Å²) in [5.74, 6) is 1.34. The lowest BCUT2D eigenvalue weighted by Gasteiger charge is -2.36. The van der Waals surface area contributed by atoms with Crippen molar-refractivity contribution in [2.45, 2.75) is 38.2 Å². The van der Waals surface area contributed by atoms with E-state index in [9.17, 15) is 5.11 Å². The van der Waals surface area contributed by atoms with Gasteiger partial charge in [-0.05, 0) is 37.3 Å². The number of aromatic nitrogens is 3. The van der Waals surface area contributed by atoms with E-state index in [2.05, 4.69) is 22.0 Å². The molecule has 1 N–H and O–H groups in total. The Labute approximate surface area is 123 Å². The fourth-order valence-corrected chi connectivity index (χ4v) is 3.05. The number of rotatable bonds is 3. The highest BCUT2D eigenvalue weighted by Crippen LogP contribution is 2.41. The molecule has 1 fully saturated rings. The molecule has 0 saturated heterocycles. The highest BCUT2D eigenvalue weighted by molar-refractivity contribution is 5.55. The lowest BCUT2D eigenvalue weighted by Crippen LogP contribution is -2.35. The molecule has 2 unspecified atom stereocenters. The molecule has 2 heterocycles. The lowest BCUT2D eigenvalue weighted by molar-refractivity contribution is -0.0658. The quantitative estimate of drug-likeness (QED) is 0.935. The zero-order valence-electron chi connectivity index (χ0n) is 12.2. The molecule has 6 heteroatoms. The van der Waals surface area contributed by atoms with Crippen LogP contribution in [0.15, 0.2) is 22.9 Å². The molecular formula is C15H19N3O3. The summed E-state index contributed by atoms with van der Waals surface area (Å²) in [7, 11) is 1.69. The molecule has 0 radical (unpaired) electrons. The van der Waals surface area contributed by atoms with Crippen LogP contribution in [0.4, 0.5) is 0 Å². The summed E-state index contributed by atoms with van der Waals surface area (Å²) in [6, 6.07) is 3.19. The van der Waals surface area contributed by atoms with Crippen LogP contribution in [-0.2, 0) is 10.3 Å². The topological polar surface area (TPSA) is 81.3 Å². The minimum absolute atomic E-state index is 0.0242. The van der Waals surface area contributed by atoms with E-state index < -0.39 is 5.60 Å². The smallest absolute Gasteiger partial charge is 0.280 e. The molecule has 2 aromatic rings. The molecule has 0 aromatic carbocycles. The Bertz CT molecular complexity index is 628. The van der Waals surface area contributed by atoms with Crippen LogP contribution in [0.5, 0.6) is 5.75 Å². The van der Waals surface area contributed by atoms with Crippen molar-refractivity contribution in [3.05, 3.63) is 24.2 Å². The lowest BCUT2D eigenvalue weighted by atomic mass is 9.78. The predicted molar refractivity (Wildman–Crippen MR) is 75.5 cm³/mol. The van der Waals surface area contributed by atoms with Crippen molar-refractivity contribution in [2.24, 2.45) is 5.92 Å². The van der Waals surface area contributed by atoms with Crippen molar-refractivity contribution < 1.29 is 14.4 Å². The first-order chi connectivity index (χ1) is 10.1. The maximum Gasteiger partial charge on any atom is 0.280 e. The van der Waals surface area contributed by atoms with Crippen LogP contribution in [0, 0.1) is 5.92 Å². The first kappa shape index (κ1) is 14.0. The first-order valence-corrected chi connectivity index (χ1v) is 7.18. The largest absolute Gasteiger partial charge is 0.505 e. The summed E-state index contributed by atoms with van der Waals surface area (Å²) in [6.45, 7) is 2.21. The Morgan fingerprint density at radius 2 is 2.33 bits per heavy atom. The van der Waals surface area contributed by atoms with Crippen LogP contribution >= 0.6 is 0 Å². The predicted octanol–water partition coefficient (Wildman–Crippen LogP) is 2.89. The molecule has 21 heavy (non-hydrogen) atoms. The minimum atomic E-state index is -0.496. The van der Waals surface area contributed by atoms with Gasteiger partial charge in [0.2, 0.25) is 5.82 Å².